The van der Waals surface area contributed by atoms with Crippen molar-refractivity contribution in [2.45, 2.75) is 19.4 Å². The van der Waals surface area contributed by atoms with Gasteiger partial charge in [-0.3, -0.25) is 14.5 Å². The molecule has 0 unspecified atom stereocenters. The number of hydrogen-bond donors (Lipinski definition) is 2. The average molecular weight is 422 g/mol. The number of anilines is 2. The highest BCUT2D eigenvalue weighted by atomic mass is 16.5. The molecule has 0 radical (unpaired) electrons. The maximum absolute atomic E-state index is 12.7. The number of hydrogen-bond acceptors (Lipinski definition) is 8. The van der Waals surface area contributed by atoms with Crippen molar-refractivity contribution in [3.63, 3.8) is 0 Å². The number of carbonyl (C=O) groups excluding carboxylic acids is 1. The molecule has 1 aliphatic heterocycles. The molecule has 0 aromatic carbocycles. The van der Waals surface area contributed by atoms with Gasteiger partial charge in [-0.15, -0.1) is 0 Å². The van der Waals surface area contributed by atoms with Crippen molar-refractivity contribution in [3.05, 3.63) is 42.5 Å². The predicted octanol–water partition coefficient (Wildman–Crippen LogP) is 1.85. The van der Waals surface area contributed by atoms with Gasteiger partial charge in [0, 0.05) is 31.9 Å². The van der Waals surface area contributed by atoms with Gasteiger partial charge in [0.2, 0.25) is 5.95 Å². The fraction of sp³-hybridized carbons (Fsp3) is 0.381. The molecular weight excluding hydrogens is 396 g/mol. The number of likely N-dealkylation sites (tertiary alicyclic amines) is 1. The van der Waals surface area contributed by atoms with Crippen molar-refractivity contribution in [1.29, 1.82) is 0 Å². The quantitative estimate of drug-likeness (QED) is 0.566. The maximum atomic E-state index is 12.7. The van der Waals surface area contributed by atoms with Crippen LogP contribution in [0.1, 0.15) is 23.8 Å². The summed E-state index contributed by atoms with van der Waals surface area (Å²) in [6, 6.07) is 5.36. The van der Waals surface area contributed by atoms with E-state index < -0.39 is 0 Å². The van der Waals surface area contributed by atoms with Crippen LogP contribution in [-0.4, -0.2) is 68.3 Å². The molecule has 1 saturated heterocycles. The summed E-state index contributed by atoms with van der Waals surface area (Å²) in [5.74, 6) is 0.876. The lowest BCUT2D eigenvalue weighted by Gasteiger charge is -2.33. The minimum atomic E-state index is -0.149. The molecule has 10 heteroatoms. The summed E-state index contributed by atoms with van der Waals surface area (Å²) in [6.07, 6.45) is 6.15. The lowest BCUT2D eigenvalue weighted by Crippen LogP contribution is -2.47. The number of carbonyl (C=O) groups is 1. The third-order valence-electron chi connectivity index (χ3n) is 5.09. The van der Waals surface area contributed by atoms with Gasteiger partial charge >= 0.3 is 0 Å². The first-order valence-corrected chi connectivity index (χ1v) is 10.2. The highest BCUT2D eigenvalue weighted by molar-refractivity contribution is 5.93. The zero-order valence-corrected chi connectivity index (χ0v) is 17.9. The molecule has 1 atom stereocenters. The number of aryl methyl sites for hydroxylation is 1. The van der Waals surface area contributed by atoms with Crippen LogP contribution in [0.15, 0.2) is 36.8 Å². The Morgan fingerprint density at radius 1 is 1.26 bits per heavy atom. The molecule has 0 bridgehead atoms. The van der Waals surface area contributed by atoms with Crippen molar-refractivity contribution in [2.24, 2.45) is 7.05 Å². The van der Waals surface area contributed by atoms with E-state index in [0.717, 1.165) is 19.6 Å². The summed E-state index contributed by atoms with van der Waals surface area (Å²) < 4.78 is 6.76. The molecule has 4 heterocycles. The molecule has 0 aliphatic carbocycles. The number of amides is 1. The van der Waals surface area contributed by atoms with Gasteiger partial charge in [-0.2, -0.15) is 5.10 Å². The zero-order valence-electron chi connectivity index (χ0n) is 17.9. The second-order valence-corrected chi connectivity index (χ2v) is 7.57. The van der Waals surface area contributed by atoms with E-state index in [-0.39, 0.29) is 11.9 Å². The third-order valence-corrected chi connectivity index (χ3v) is 5.09. The molecule has 2 N–H and O–H groups in total. The Bertz CT molecular complexity index is 1060. The average Bonchev–Trinajstić information content (AvgIpc) is 3.13. The molecule has 0 saturated carbocycles. The summed E-state index contributed by atoms with van der Waals surface area (Å²) in [7, 11) is 3.33. The molecule has 31 heavy (non-hydrogen) atoms. The van der Waals surface area contributed by atoms with Crippen LogP contribution in [0.5, 0.6) is 5.75 Å². The van der Waals surface area contributed by atoms with Gasteiger partial charge in [0.15, 0.2) is 0 Å². The highest BCUT2D eigenvalue weighted by Crippen LogP contribution is 2.21. The molecular formula is C21H26N8O2. The molecule has 1 aliphatic rings. The van der Waals surface area contributed by atoms with Crippen LogP contribution in [0, 0.1) is 0 Å². The van der Waals surface area contributed by atoms with Crippen molar-refractivity contribution in [1.82, 2.24) is 34.9 Å². The van der Waals surface area contributed by atoms with E-state index in [9.17, 15) is 4.79 Å². The molecule has 3 aromatic rings. The molecule has 10 nitrogen and oxygen atoms in total. The highest BCUT2D eigenvalue weighted by Gasteiger charge is 2.20. The minimum Gasteiger partial charge on any atom is -0.495 e. The lowest BCUT2D eigenvalue weighted by molar-refractivity contribution is 0.0905. The molecule has 4 rings (SSSR count). The molecule has 1 fully saturated rings. The first-order chi connectivity index (χ1) is 15.0. The fourth-order valence-corrected chi connectivity index (χ4v) is 3.39. The molecule has 3 aromatic heterocycles. The topological polar surface area (TPSA) is 110 Å². The third kappa shape index (κ3) is 4.97. The number of rotatable bonds is 8. The van der Waals surface area contributed by atoms with Crippen molar-refractivity contribution in [3.8, 4) is 17.1 Å². The van der Waals surface area contributed by atoms with Gasteiger partial charge in [-0.25, -0.2) is 9.97 Å². The van der Waals surface area contributed by atoms with Crippen LogP contribution < -0.4 is 15.4 Å². The maximum Gasteiger partial charge on any atom is 0.269 e. The van der Waals surface area contributed by atoms with Gasteiger partial charge < -0.3 is 20.3 Å². The van der Waals surface area contributed by atoms with E-state index >= 15 is 0 Å². The van der Waals surface area contributed by atoms with Gasteiger partial charge in [0.1, 0.15) is 17.1 Å². The molecule has 1 amide bonds. The van der Waals surface area contributed by atoms with Crippen molar-refractivity contribution >= 4 is 17.5 Å². The summed E-state index contributed by atoms with van der Waals surface area (Å²) in [6.45, 7) is 5.08. The van der Waals surface area contributed by atoms with Crippen LogP contribution in [-0.2, 0) is 7.05 Å². The number of pyridine rings is 1. The van der Waals surface area contributed by atoms with Crippen LogP contribution in [0.3, 0.4) is 0 Å². The standard InChI is InChI=1S/C21H26N8O2/c1-14(13-29-7-4-8-29)24-20(30)19-10-18(27-28(19)2)17-5-6-23-21(26-17)25-15-9-16(31-3)12-22-11-15/h5-6,9-12,14H,4,7-8,13H2,1-3H3,(H,24,30)(H,23,25,26)/t14-/m0/s1. The Balaban J connectivity index is 1.47. The number of nitrogens with one attached hydrogen (secondary N) is 2. The van der Waals surface area contributed by atoms with Crippen molar-refractivity contribution in [2.75, 3.05) is 32.1 Å². The Morgan fingerprint density at radius 2 is 2.10 bits per heavy atom. The SMILES string of the molecule is COc1cncc(Nc2nccc(-c3cc(C(=O)N[C@@H](C)CN4CCC4)n(C)n3)n2)c1. The number of aromatic nitrogens is 5. The summed E-state index contributed by atoms with van der Waals surface area (Å²) in [5.41, 5.74) is 2.39. The van der Waals surface area contributed by atoms with E-state index in [2.05, 4.69) is 35.6 Å². The Hall–Kier alpha value is -3.53. The van der Waals surface area contributed by atoms with Gasteiger partial charge in [0.25, 0.3) is 5.91 Å². The summed E-state index contributed by atoms with van der Waals surface area (Å²) in [4.78, 5) is 27.9. The van der Waals surface area contributed by atoms with E-state index in [1.54, 1.807) is 55.6 Å². The van der Waals surface area contributed by atoms with E-state index in [1.807, 2.05) is 6.92 Å². The first kappa shape index (κ1) is 20.7. The van der Waals surface area contributed by atoms with E-state index in [1.165, 1.54) is 6.42 Å². The van der Waals surface area contributed by atoms with Crippen LogP contribution in [0.2, 0.25) is 0 Å². The smallest absolute Gasteiger partial charge is 0.269 e. The first-order valence-electron chi connectivity index (χ1n) is 10.2. The molecule has 0 spiro atoms. The minimum absolute atomic E-state index is 0.0671. The Labute approximate surface area is 180 Å². The van der Waals surface area contributed by atoms with Crippen LogP contribution in [0.25, 0.3) is 11.4 Å². The second-order valence-electron chi connectivity index (χ2n) is 7.57. The van der Waals surface area contributed by atoms with E-state index in [4.69, 9.17) is 4.74 Å². The largest absolute Gasteiger partial charge is 0.495 e. The van der Waals surface area contributed by atoms with Gasteiger partial charge in [0.05, 0.1) is 30.9 Å². The lowest BCUT2D eigenvalue weighted by atomic mass is 10.2. The second kappa shape index (κ2) is 9.09. The number of ether oxygens (including phenoxy) is 1. The summed E-state index contributed by atoms with van der Waals surface area (Å²) >= 11 is 0. The fourth-order valence-electron chi connectivity index (χ4n) is 3.39. The zero-order chi connectivity index (χ0) is 21.8. The Morgan fingerprint density at radius 3 is 2.84 bits per heavy atom. The van der Waals surface area contributed by atoms with Crippen molar-refractivity contribution < 1.29 is 9.53 Å². The molecule has 162 valence electrons. The van der Waals surface area contributed by atoms with E-state index in [0.29, 0.717) is 34.5 Å². The van der Waals surface area contributed by atoms with Gasteiger partial charge in [-0.05, 0) is 38.6 Å². The normalized spacial score (nSPS) is 14.5. The summed E-state index contributed by atoms with van der Waals surface area (Å²) in [5, 5.41) is 10.6. The Kier molecular flexibility index (Phi) is 6.08. The number of methoxy groups -OCH3 is 1. The number of nitrogens with zero attached hydrogens (tertiary/aromatic N) is 6. The van der Waals surface area contributed by atoms with Crippen LogP contribution in [0.4, 0.5) is 11.6 Å². The predicted molar refractivity (Wildman–Crippen MR) is 116 cm³/mol. The van der Waals surface area contributed by atoms with Gasteiger partial charge in [-0.1, -0.05) is 0 Å². The van der Waals surface area contributed by atoms with Crippen LogP contribution >= 0.6 is 0 Å². The monoisotopic (exact) mass is 422 g/mol.